The van der Waals surface area contributed by atoms with Crippen LogP contribution in [0.3, 0.4) is 0 Å². The van der Waals surface area contributed by atoms with Crippen LogP contribution in [0.2, 0.25) is 0 Å². The first-order chi connectivity index (χ1) is 8.18. The van der Waals surface area contributed by atoms with Gasteiger partial charge in [-0.15, -0.1) is 10.2 Å². The molecule has 0 aliphatic heterocycles. The number of nitrogens with zero attached hydrogens (tertiary/aromatic N) is 3. The molecule has 1 aliphatic carbocycles. The maximum absolute atomic E-state index is 6.37. The first-order valence-corrected chi connectivity index (χ1v) is 6.81. The molecule has 4 nitrogen and oxygen atoms in total. The summed E-state index contributed by atoms with van der Waals surface area (Å²) >= 11 is 0. The van der Waals surface area contributed by atoms with E-state index < -0.39 is 0 Å². The van der Waals surface area contributed by atoms with Crippen molar-refractivity contribution in [2.45, 2.75) is 58.5 Å². The molecule has 1 saturated carbocycles. The Kier molecular flexibility index (Phi) is 4.15. The van der Waals surface area contributed by atoms with Gasteiger partial charge in [-0.05, 0) is 24.7 Å². The standard InChI is InChI=1S/C13H24N4/c1-10(2)8-17-9-15-16-13(17)12(14)11-6-4-3-5-7-11/h9-12H,3-8,14H2,1-2H3. The van der Waals surface area contributed by atoms with Gasteiger partial charge >= 0.3 is 0 Å². The van der Waals surface area contributed by atoms with Crippen LogP contribution in [0.5, 0.6) is 0 Å². The summed E-state index contributed by atoms with van der Waals surface area (Å²) in [6.45, 7) is 5.37. The molecule has 4 heteroatoms. The van der Waals surface area contributed by atoms with Gasteiger partial charge < -0.3 is 10.3 Å². The van der Waals surface area contributed by atoms with Gasteiger partial charge in [-0.2, -0.15) is 0 Å². The van der Waals surface area contributed by atoms with Crippen LogP contribution in [0.4, 0.5) is 0 Å². The highest BCUT2D eigenvalue weighted by molar-refractivity contribution is 4.97. The zero-order valence-corrected chi connectivity index (χ0v) is 11.0. The summed E-state index contributed by atoms with van der Waals surface area (Å²) in [5.74, 6) is 2.17. The Bertz CT molecular complexity index is 339. The van der Waals surface area contributed by atoms with Crippen molar-refractivity contribution in [2.24, 2.45) is 17.6 Å². The van der Waals surface area contributed by atoms with Crippen molar-refractivity contribution in [3.05, 3.63) is 12.2 Å². The smallest absolute Gasteiger partial charge is 0.150 e. The van der Waals surface area contributed by atoms with E-state index >= 15 is 0 Å². The molecule has 0 saturated heterocycles. The summed E-state index contributed by atoms with van der Waals surface area (Å²) in [5, 5.41) is 8.26. The van der Waals surface area contributed by atoms with E-state index in [4.69, 9.17) is 5.73 Å². The number of rotatable bonds is 4. The van der Waals surface area contributed by atoms with Crippen LogP contribution in [0.1, 0.15) is 57.8 Å². The Morgan fingerprint density at radius 3 is 2.71 bits per heavy atom. The highest BCUT2D eigenvalue weighted by atomic mass is 15.3. The molecule has 0 bridgehead atoms. The van der Waals surface area contributed by atoms with Gasteiger partial charge in [0.2, 0.25) is 0 Å². The lowest BCUT2D eigenvalue weighted by atomic mass is 9.84. The third kappa shape index (κ3) is 3.06. The summed E-state index contributed by atoms with van der Waals surface area (Å²) in [7, 11) is 0. The fraction of sp³-hybridized carbons (Fsp3) is 0.846. The molecule has 17 heavy (non-hydrogen) atoms. The Hall–Kier alpha value is -0.900. The predicted octanol–water partition coefficient (Wildman–Crippen LogP) is 2.51. The van der Waals surface area contributed by atoms with Crippen molar-refractivity contribution in [2.75, 3.05) is 0 Å². The van der Waals surface area contributed by atoms with Gasteiger partial charge in [0.15, 0.2) is 0 Å². The van der Waals surface area contributed by atoms with Gasteiger partial charge in [-0.3, -0.25) is 0 Å². The molecule has 0 radical (unpaired) electrons. The van der Waals surface area contributed by atoms with E-state index in [0.717, 1.165) is 12.4 Å². The summed E-state index contributed by atoms with van der Waals surface area (Å²) < 4.78 is 2.13. The van der Waals surface area contributed by atoms with Crippen LogP contribution >= 0.6 is 0 Å². The Morgan fingerprint density at radius 1 is 1.35 bits per heavy atom. The fourth-order valence-corrected chi connectivity index (χ4v) is 2.76. The third-order valence-electron chi connectivity index (χ3n) is 3.66. The molecule has 2 N–H and O–H groups in total. The lowest BCUT2D eigenvalue weighted by Crippen LogP contribution is -2.27. The number of aromatic nitrogens is 3. The van der Waals surface area contributed by atoms with E-state index in [2.05, 4.69) is 28.6 Å². The quantitative estimate of drug-likeness (QED) is 0.874. The van der Waals surface area contributed by atoms with Crippen LogP contribution < -0.4 is 5.73 Å². The Balaban J connectivity index is 2.07. The average molecular weight is 236 g/mol. The van der Waals surface area contributed by atoms with Gasteiger partial charge in [0.05, 0.1) is 6.04 Å². The monoisotopic (exact) mass is 236 g/mol. The van der Waals surface area contributed by atoms with E-state index in [-0.39, 0.29) is 6.04 Å². The van der Waals surface area contributed by atoms with Crippen molar-refractivity contribution in [1.82, 2.24) is 14.8 Å². The molecule has 0 aromatic carbocycles. The van der Waals surface area contributed by atoms with Crippen molar-refractivity contribution in [3.8, 4) is 0 Å². The summed E-state index contributed by atoms with van der Waals surface area (Å²) in [5.41, 5.74) is 6.37. The Labute approximate surface area is 104 Å². The highest BCUT2D eigenvalue weighted by Gasteiger charge is 2.25. The normalized spacial score (nSPS) is 19.8. The maximum atomic E-state index is 6.37. The second kappa shape index (κ2) is 5.63. The van der Waals surface area contributed by atoms with E-state index in [1.807, 2.05) is 6.33 Å². The third-order valence-corrected chi connectivity index (χ3v) is 3.66. The van der Waals surface area contributed by atoms with Crippen LogP contribution in [-0.4, -0.2) is 14.8 Å². The van der Waals surface area contributed by atoms with Gasteiger partial charge in [-0.1, -0.05) is 33.1 Å². The second-order valence-electron chi connectivity index (χ2n) is 5.66. The van der Waals surface area contributed by atoms with Crippen LogP contribution in [0.15, 0.2) is 6.33 Å². The van der Waals surface area contributed by atoms with Crippen molar-refractivity contribution >= 4 is 0 Å². The molecule has 1 atom stereocenters. The molecule has 0 spiro atoms. The molecule has 0 amide bonds. The molecule has 1 unspecified atom stereocenters. The molecule has 1 aliphatic rings. The number of hydrogen-bond donors (Lipinski definition) is 1. The molecular formula is C13H24N4. The first kappa shape index (κ1) is 12.6. The highest BCUT2D eigenvalue weighted by Crippen LogP contribution is 2.32. The largest absolute Gasteiger partial charge is 0.321 e. The number of nitrogens with two attached hydrogens (primary N) is 1. The zero-order valence-electron chi connectivity index (χ0n) is 11.0. The second-order valence-corrected chi connectivity index (χ2v) is 5.66. The van der Waals surface area contributed by atoms with Crippen LogP contribution in [0.25, 0.3) is 0 Å². The number of hydrogen-bond acceptors (Lipinski definition) is 3. The molecule has 1 fully saturated rings. The molecular weight excluding hydrogens is 212 g/mol. The molecule has 96 valence electrons. The lowest BCUT2D eigenvalue weighted by molar-refractivity contribution is 0.293. The molecule has 1 heterocycles. The summed E-state index contributed by atoms with van der Waals surface area (Å²) in [6, 6.07) is 0.0662. The maximum Gasteiger partial charge on any atom is 0.150 e. The summed E-state index contributed by atoms with van der Waals surface area (Å²) in [6.07, 6.45) is 8.30. The minimum absolute atomic E-state index is 0.0662. The van der Waals surface area contributed by atoms with Gasteiger partial charge in [0, 0.05) is 6.54 Å². The van der Waals surface area contributed by atoms with Crippen molar-refractivity contribution in [1.29, 1.82) is 0 Å². The van der Waals surface area contributed by atoms with E-state index in [0.29, 0.717) is 11.8 Å². The zero-order chi connectivity index (χ0) is 12.3. The van der Waals surface area contributed by atoms with Crippen molar-refractivity contribution in [3.63, 3.8) is 0 Å². The van der Waals surface area contributed by atoms with Crippen LogP contribution in [0, 0.1) is 11.8 Å². The Morgan fingerprint density at radius 2 is 2.06 bits per heavy atom. The molecule has 1 aromatic rings. The lowest BCUT2D eigenvalue weighted by Gasteiger charge is -2.27. The van der Waals surface area contributed by atoms with E-state index in [1.165, 1.54) is 32.1 Å². The fourth-order valence-electron chi connectivity index (χ4n) is 2.76. The van der Waals surface area contributed by atoms with Crippen molar-refractivity contribution < 1.29 is 0 Å². The SMILES string of the molecule is CC(C)Cn1cnnc1C(N)C1CCCCC1. The van der Waals surface area contributed by atoms with Gasteiger partial charge in [0.1, 0.15) is 12.2 Å². The van der Waals surface area contributed by atoms with Gasteiger partial charge in [0.25, 0.3) is 0 Å². The molecule has 1 aromatic heterocycles. The minimum Gasteiger partial charge on any atom is -0.321 e. The van der Waals surface area contributed by atoms with Gasteiger partial charge in [-0.25, -0.2) is 0 Å². The van der Waals surface area contributed by atoms with Crippen LogP contribution in [-0.2, 0) is 6.54 Å². The van der Waals surface area contributed by atoms with E-state index in [9.17, 15) is 0 Å². The van der Waals surface area contributed by atoms with E-state index in [1.54, 1.807) is 0 Å². The average Bonchev–Trinajstić information content (AvgIpc) is 2.76. The minimum atomic E-state index is 0.0662. The predicted molar refractivity (Wildman–Crippen MR) is 68.4 cm³/mol. The topological polar surface area (TPSA) is 56.7 Å². The summed E-state index contributed by atoms with van der Waals surface area (Å²) in [4.78, 5) is 0. The first-order valence-electron chi connectivity index (χ1n) is 6.81. The molecule has 2 rings (SSSR count).